The van der Waals surface area contributed by atoms with Crippen LogP contribution in [0.15, 0.2) is 4.99 Å². The number of hydrogen-bond donors (Lipinski definition) is 0. The molecule has 100 valence electrons. The van der Waals surface area contributed by atoms with Crippen LogP contribution in [0.3, 0.4) is 0 Å². The molecule has 0 radical (unpaired) electrons. The van der Waals surface area contributed by atoms with E-state index in [-0.39, 0.29) is 11.0 Å². The van der Waals surface area contributed by atoms with Gasteiger partial charge in [-0.25, -0.2) is 0 Å². The van der Waals surface area contributed by atoms with Crippen molar-refractivity contribution >= 4 is 6.21 Å². The van der Waals surface area contributed by atoms with Crippen molar-refractivity contribution in [2.75, 3.05) is 0 Å². The van der Waals surface area contributed by atoms with Crippen LogP contribution in [0.5, 0.6) is 0 Å². The summed E-state index contributed by atoms with van der Waals surface area (Å²) in [6.45, 7) is 10.9. The topological polar surface area (TPSA) is 36.1 Å². The predicted octanol–water partition coefficient (Wildman–Crippen LogP) is 4.21. The zero-order chi connectivity index (χ0) is 13.6. The highest BCUT2D eigenvalue weighted by atomic mass is 15.0. The van der Waals surface area contributed by atoms with Crippen LogP contribution >= 0.6 is 0 Å². The van der Waals surface area contributed by atoms with E-state index in [4.69, 9.17) is 4.99 Å². The number of aliphatic imine (C=N–C) groups is 1. The molecule has 1 heterocycles. The summed E-state index contributed by atoms with van der Waals surface area (Å²) < 4.78 is 0. The lowest BCUT2D eigenvalue weighted by molar-refractivity contribution is 0.0814. The van der Waals surface area contributed by atoms with Crippen LogP contribution in [-0.2, 0) is 0 Å². The Morgan fingerprint density at radius 2 is 2.06 bits per heavy atom. The van der Waals surface area contributed by atoms with E-state index in [1.807, 2.05) is 13.8 Å². The average Bonchev–Trinajstić information content (AvgIpc) is 2.56. The predicted molar refractivity (Wildman–Crippen MR) is 75.5 cm³/mol. The monoisotopic (exact) mass is 246 g/mol. The Bertz CT molecular complexity index is 404. The van der Waals surface area contributed by atoms with Crippen LogP contribution in [0.25, 0.3) is 0 Å². The SMILES string of the molecule is CC1CCC[C@@]2(C=NC(C)(C(C)(C)C#N)C2C)C1. The second kappa shape index (κ2) is 4.08. The van der Waals surface area contributed by atoms with Crippen molar-refractivity contribution in [3.8, 4) is 6.07 Å². The van der Waals surface area contributed by atoms with Gasteiger partial charge < -0.3 is 0 Å². The lowest BCUT2D eigenvalue weighted by Gasteiger charge is -2.46. The Kier molecular flexibility index (Phi) is 3.08. The Labute approximate surface area is 111 Å². The largest absolute Gasteiger partial charge is 0.289 e. The van der Waals surface area contributed by atoms with E-state index in [9.17, 15) is 5.26 Å². The minimum Gasteiger partial charge on any atom is -0.289 e. The van der Waals surface area contributed by atoms with Crippen LogP contribution in [0, 0.1) is 34.0 Å². The third kappa shape index (κ3) is 1.71. The number of nitrogens with zero attached hydrogens (tertiary/aromatic N) is 2. The molecule has 1 fully saturated rings. The molecule has 3 unspecified atom stereocenters. The molecule has 0 aromatic heterocycles. The first kappa shape index (κ1) is 13.6. The Morgan fingerprint density at radius 3 is 2.61 bits per heavy atom. The summed E-state index contributed by atoms with van der Waals surface area (Å²) in [5.41, 5.74) is -0.382. The minimum atomic E-state index is -0.396. The van der Waals surface area contributed by atoms with Gasteiger partial charge in [0.15, 0.2) is 0 Å². The molecule has 0 aromatic carbocycles. The Morgan fingerprint density at radius 1 is 1.39 bits per heavy atom. The average molecular weight is 246 g/mol. The van der Waals surface area contributed by atoms with Crippen molar-refractivity contribution in [2.24, 2.45) is 27.7 Å². The molecule has 2 nitrogen and oxygen atoms in total. The molecule has 0 amide bonds. The van der Waals surface area contributed by atoms with Crippen molar-refractivity contribution in [1.29, 1.82) is 5.26 Å². The number of nitriles is 1. The lowest BCUT2D eigenvalue weighted by Crippen LogP contribution is -2.48. The highest BCUT2D eigenvalue weighted by molar-refractivity contribution is 5.71. The second-order valence-electron chi connectivity index (χ2n) is 7.30. The van der Waals surface area contributed by atoms with E-state index in [2.05, 4.69) is 33.1 Å². The van der Waals surface area contributed by atoms with Gasteiger partial charge in [0.05, 0.1) is 17.0 Å². The van der Waals surface area contributed by atoms with Crippen LogP contribution in [-0.4, -0.2) is 11.8 Å². The third-order valence-corrected chi connectivity index (χ3v) is 5.91. The second-order valence-corrected chi connectivity index (χ2v) is 7.30. The van der Waals surface area contributed by atoms with Gasteiger partial charge in [-0.15, -0.1) is 0 Å². The van der Waals surface area contributed by atoms with Gasteiger partial charge in [0.1, 0.15) is 0 Å². The lowest BCUT2D eigenvalue weighted by atomic mass is 9.57. The quantitative estimate of drug-likeness (QED) is 0.682. The highest BCUT2D eigenvalue weighted by Crippen LogP contribution is 2.56. The van der Waals surface area contributed by atoms with E-state index in [1.54, 1.807) is 0 Å². The van der Waals surface area contributed by atoms with E-state index in [0.717, 1.165) is 5.92 Å². The molecule has 0 N–H and O–H groups in total. The minimum absolute atomic E-state index is 0.237. The molecule has 2 rings (SSSR count). The normalized spacial score (nSPS) is 44.2. The van der Waals surface area contributed by atoms with Gasteiger partial charge in [-0.1, -0.05) is 26.7 Å². The summed E-state index contributed by atoms with van der Waals surface area (Å²) >= 11 is 0. The molecular weight excluding hydrogens is 220 g/mol. The van der Waals surface area contributed by atoms with Crippen LogP contribution in [0.2, 0.25) is 0 Å². The summed E-state index contributed by atoms with van der Waals surface area (Å²) in [4.78, 5) is 4.86. The van der Waals surface area contributed by atoms with Crippen molar-refractivity contribution < 1.29 is 0 Å². The molecule has 2 heteroatoms. The molecule has 4 atom stereocenters. The van der Waals surface area contributed by atoms with Crippen molar-refractivity contribution in [1.82, 2.24) is 0 Å². The highest BCUT2D eigenvalue weighted by Gasteiger charge is 2.57. The first-order valence-electron chi connectivity index (χ1n) is 7.25. The zero-order valence-electron chi connectivity index (χ0n) is 12.5. The fourth-order valence-electron chi connectivity index (χ4n) is 4.00. The van der Waals surface area contributed by atoms with Crippen molar-refractivity contribution in [2.45, 2.75) is 65.8 Å². The van der Waals surface area contributed by atoms with E-state index in [1.165, 1.54) is 25.7 Å². The summed E-state index contributed by atoms with van der Waals surface area (Å²) in [6, 6.07) is 2.47. The van der Waals surface area contributed by atoms with Gasteiger partial charge in [0.2, 0.25) is 0 Å². The summed E-state index contributed by atoms with van der Waals surface area (Å²) in [7, 11) is 0. The number of rotatable bonds is 1. The maximum atomic E-state index is 9.45. The molecule has 2 aliphatic rings. The van der Waals surface area contributed by atoms with Gasteiger partial charge in [-0.05, 0) is 45.4 Å². The van der Waals surface area contributed by atoms with Gasteiger partial charge >= 0.3 is 0 Å². The molecule has 0 saturated heterocycles. The Balaban J connectivity index is 2.33. The van der Waals surface area contributed by atoms with E-state index < -0.39 is 5.41 Å². The van der Waals surface area contributed by atoms with Crippen molar-refractivity contribution in [3.63, 3.8) is 0 Å². The summed E-state index contributed by atoms with van der Waals surface area (Å²) in [5, 5.41) is 9.45. The van der Waals surface area contributed by atoms with Crippen molar-refractivity contribution in [3.05, 3.63) is 0 Å². The summed E-state index contributed by atoms with van der Waals surface area (Å²) in [5.74, 6) is 1.25. The zero-order valence-corrected chi connectivity index (χ0v) is 12.5. The van der Waals surface area contributed by atoms with Gasteiger partial charge in [0, 0.05) is 11.6 Å². The fraction of sp³-hybridized carbons (Fsp3) is 0.875. The number of hydrogen-bond acceptors (Lipinski definition) is 2. The maximum Gasteiger partial charge on any atom is 0.0790 e. The Hall–Kier alpha value is -0.840. The smallest absolute Gasteiger partial charge is 0.0790 e. The van der Waals surface area contributed by atoms with Gasteiger partial charge in [0.25, 0.3) is 0 Å². The molecule has 1 spiro atoms. The molecular formula is C16H26N2. The first-order valence-corrected chi connectivity index (χ1v) is 7.25. The molecule has 1 aliphatic carbocycles. The van der Waals surface area contributed by atoms with Crippen LogP contribution in [0.4, 0.5) is 0 Å². The molecule has 1 saturated carbocycles. The van der Waals surface area contributed by atoms with Crippen LogP contribution < -0.4 is 0 Å². The molecule has 0 aromatic rings. The fourth-order valence-corrected chi connectivity index (χ4v) is 4.00. The standard InChI is InChI=1S/C16H26N2/c1-12-7-6-8-16(9-12)11-18-15(5,13(16)2)14(3,4)10-17/h11-13H,6-9H2,1-5H3/t12?,13?,15?,16-/m0/s1. The summed E-state index contributed by atoms with van der Waals surface area (Å²) in [6.07, 6.45) is 7.36. The van der Waals surface area contributed by atoms with Crippen LogP contribution in [0.1, 0.15) is 60.3 Å². The van der Waals surface area contributed by atoms with Gasteiger partial charge in [-0.2, -0.15) is 5.26 Å². The third-order valence-electron chi connectivity index (χ3n) is 5.91. The molecule has 18 heavy (non-hydrogen) atoms. The van der Waals surface area contributed by atoms with E-state index in [0.29, 0.717) is 5.92 Å². The first-order chi connectivity index (χ1) is 8.27. The van der Waals surface area contributed by atoms with Gasteiger partial charge in [-0.3, -0.25) is 4.99 Å². The maximum absolute atomic E-state index is 9.45. The molecule has 1 aliphatic heterocycles. The van der Waals surface area contributed by atoms with E-state index >= 15 is 0 Å². The molecule has 0 bridgehead atoms.